The van der Waals surface area contributed by atoms with Crippen molar-refractivity contribution in [2.45, 2.75) is 19.3 Å². The molecular weight excluding hydrogens is 390 g/mol. The van der Waals surface area contributed by atoms with Crippen LogP contribution in [0.2, 0.25) is 0 Å². The van der Waals surface area contributed by atoms with Crippen LogP contribution in [0.1, 0.15) is 19.3 Å². The molecule has 0 radical (unpaired) electrons. The number of amides is 1. The number of pyridine rings is 2. The predicted octanol–water partition coefficient (Wildman–Crippen LogP) is 2.63. The normalized spacial score (nSPS) is 24.3. The average Bonchev–Trinajstić information content (AvgIpc) is 3.59. The number of nitrogens with zero attached hydrogens (tertiary/aromatic N) is 6. The molecule has 31 heavy (non-hydrogen) atoms. The van der Waals surface area contributed by atoms with Crippen LogP contribution in [0.3, 0.4) is 0 Å². The zero-order valence-corrected chi connectivity index (χ0v) is 17.8. The minimum atomic E-state index is -0.836. The third kappa shape index (κ3) is 3.70. The molecule has 3 fully saturated rings. The topological polar surface area (TPSA) is 88.4 Å². The molecule has 160 valence electrons. The van der Waals surface area contributed by atoms with Crippen LogP contribution < -0.4 is 15.1 Å². The molecule has 4 heterocycles. The second-order valence-electron chi connectivity index (χ2n) is 8.78. The fraction of sp³-hybridized carbons (Fsp3) is 0.478. The van der Waals surface area contributed by atoms with Gasteiger partial charge in [-0.3, -0.25) is 4.79 Å². The van der Waals surface area contributed by atoms with Crippen molar-refractivity contribution in [3.05, 3.63) is 36.7 Å². The van der Waals surface area contributed by atoms with Crippen molar-refractivity contribution in [2.75, 3.05) is 54.9 Å². The first-order valence-corrected chi connectivity index (χ1v) is 10.9. The lowest BCUT2D eigenvalue weighted by Gasteiger charge is -2.33. The molecule has 2 aromatic rings. The van der Waals surface area contributed by atoms with Crippen molar-refractivity contribution >= 4 is 28.9 Å². The van der Waals surface area contributed by atoms with Gasteiger partial charge in [0.2, 0.25) is 5.91 Å². The van der Waals surface area contributed by atoms with Gasteiger partial charge in [-0.05, 0) is 50.4 Å². The first-order valence-electron chi connectivity index (χ1n) is 10.9. The highest BCUT2D eigenvalue weighted by Crippen LogP contribution is 2.51. The van der Waals surface area contributed by atoms with Gasteiger partial charge in [0.1, 0.15) is 17.1 Å². The Labute approximate surface area is 182 Å². The van der Waals surface area contributed by atoms with Gasteiger partial charge in [0.05, 0.1) is 18.0 Å². The van der Waals surface area contributed by atoms with E-state index in [4.69, 9.17) is 0 Å². The van der Waals surface area contributed by atoms with Gasteiger partial charge in [0, 0.05) is 50.7 Å². The van der Waals surface area contributed by atoms with E-state index in [-0.39, 0.29) is 11.8 Å². The van der Waals surface area contributed by atoms with E-state index in [1.165, 1.54) is 0 Å². The molecule has 1 aliphatic carbocycles. The molecule has 3 aliphatic rings. The number of nitriles is 1. The van der Waals surface area contributed by atoms with E-state index in [0.717, 1.165) is 50.4 Å². The van der Waals surface area contributed by atoms with Crippen LogP contribution in [0.15, 0.2) is 36.7 Å². The van der Waals surface area contributed by atoms with E-state index in [1.807, 2.05) is 24.4 Å². The minimum absolute atomic E-state index is 0.0655. The average molecular weight is 418 g/mol. The lowest BCUT2D eigenvalue weighted by Crippen LogP contribution is -2.44. The molecule has 5 rings (SSSR count). The molecule has 2 saturated heterocycles. The van der Waals surface area contributed by atoms with Gasteiger partial charge in [0.25, 0.3) is 0 Å². The summed E-state index contributed by atoms with van der Waals surface area (Å²) in [4.78, 5) is 28.4. The number of hydrogen-bond acceptors (Lipinski definition) is 7. The third-order valence-corrected chi connectivity index (χ3v) is 6.76. The number of rotatable bonds is 5. The number of likely N-dealkylation sites (N-methyl/N-ethyl adjacent to an activating group) is 1. The van der Waals surface area contributed by atoms with Crippen LogP contribution in [0.4, 0.5) is 23.0 Å². The quantitative estimate of drug-likeness (QED) is 0.800. The number of aromatic nitrogens is 2. The summed E-state index contributed by atoms with van der Waals surface area (Å²) in [6.07, 6.45) is 6.14. The smallest absolute Gasteiger partial charge is 0.247 e. The van der Waals surface area contributed by atoms with E-state index in [0.29, 0.717) is 24.6 Å². The molecule has 0 spiro atoms. The van der Waals surface area contributed by atoms with Gasteiger partial charge >= 0.3 is 0 Å². The highest BCUT2D eigenvalue weighted by Gasteiger charge is 2.56. The fourth-order valence-corrected chi connectivity index (χ4v) is 4.63. The Morgan fingerprint density at radius 1 is 1.06 bits per heavy atom. The van der Waals surface area contributed by atoms with Gasteiger partial charge in [-0.2, -0.15) is 5.26 Å². The van der Waals surface area contributed by atoms with Crippen LogP contribution in [0, 0.1) is 22.7 Å². The number of nitrogens with one attached hydrogen (secondary N) is 1. The highest BCUT2D eigenvalue weighted by molar-refractivity contribution is 6.02. The number of carbonyl (C=O) groups is 1. The van der Waals surface area contributed by atoms with Crippen LogP contribution in [-0.2, 0) is 4.79 Å². The SMILES string of the molecule is CN1CCN(c2ccc(Nc3cc(N4CC[C@@](C#N)(C5CC5)C4=O)ccn3)nc2)CC1. The highest BCUT2D eigenvalue weighted by atomic mass is 16.2. The number of hydrogen-bond donors (Lipinski definition) is 1. The number of anilines is 4. The molecule has 1 saturated carbocycles. The summed E-state index contributed by atoms with van der Waals surface area (Å²) in [6, 6.07) is 10.1. The molecule has 8 heteroatoms. The monoisotopic (exact) mass is 417 g/mol. The van der Waals surface area contributed by atoms with E-state index < -0.39 is 5.41 Å². The standard InChI is InChI=1S/C23H27N7O/c1-28-10-12-29(13-11-28)19-4-5-20(26-15-19)27-21-14-18(6-8-25-21)30-9-7-23(16-24,22(30)31)17-2-3-17/h4-6,8,14-15,17H,2-3,7,9-13H2,1H3,(H,25,26,27)/t23-/m1/s1. The summed E-state index contributed by atoms with van der Waals surface area (Å²) in [7, 11) is 2.14. The summed E-state index contributed by atoms with van der Waals surface area (Å²) < 4.78 is 0. The molecule has 0 unspecified atom stereocenters. The Hall–Kier alpha value is -3.18. The Kier molecular flexibility index (Phi) is 4.98. The molecule has 1 atom stereocenters. The Morgan fingerprint density at radius 3 is 2.55 bits per heavy atom. The van der Waals surface area contributed by atoms with Gasteiger partial charge in [-0.15, -0.1) is 0 Å². The molecule has 1 N–H and O–H groups in total. The van der Waals surface area contributed by atoms with Gasteiger partial charge in [-0.25, -0.2) is 9.97 Å². The Balaban J connectivity index is 1.28. The summed E-state index contributed by atoms with van der Waals surface area (Å²) in [6.45, 7) is 4.69. The number of piperazine rings is 1. The molecule has 2 aliphatic heterocycles. The zero-order valence-electron chi connectivity index (χ0n) is 17.8. The molecular formula is C23H27N7O. The van der Waals surface area contributed by atoms with Crippen LogP contribution in [0.5, 0.6) is 0 Å². The lowest BCUT2D eigenvalue weighted by molar-refractivity contribution is -0.123. The lowest BCUT2D eigenvalue weighted by atomic mass is 9.83. The van der Waals surface area contributed by atoms with Crippen molar-refractivity contribution in [3.63, 3.8) is 0 Å². The van der Waals surface area contributed by atoms with E-state index in [9.17, 15) is 10.1 Å². The van der Waals surface area contributed by atoms with Gasteiger partial charge < -0.3 is 20.0 Å². The maximum atomic E-state index is 13.1. The Morgan fingerprint density at radius 2 is 1.87 bits per heavy atom. The summed E-state index contributed by atoms with van der Waals surface area (Å²) >= 11 is 0. The van der Waals surface area contributed by atoms with Crippen molar-refractivity contribution in [1.29, 1.82) is 5.26 Å². The summed E-state index contributed by atoms with van der Waals surface area (Å²) in [5.74, 6) is 1.49. The summed E-state index contributed by atoms with van der Waals surface area (Å²) in [5.41, 5.74) is 1.06. The van der Waals surface area contributed by atoms with Crippen LogP contribution in [0.25, 0.3) is 0 Å². The predicted molar refractivity (Wildman–Crippen MR) is 119 cm³/mol. The maximum Gasteiger partial charge on any atom is 0.247 e. The number of carbonyl (C=O) groups excluding carboxylic acids is 1. The fourth-order valence-electron chi connectivity index (χ4n) is 4.63. The van der Waals surface area contributed by atoms with E-state index in [1.54, 1.807) is 11.1 Å². The molecule has 0 aromatic carbocycles. The first kappa shape index (κ1) is 19.8. The minimum Gasteiger partial charge on any atom is -0.368 e. The van der Waals surface area contributed by atoms with Crippen LogP contribution >= 0.6 is 0 Å². The van der Waals surface area contributed by atoms with Crippen molar-refractivity contribution in [1.82, 2.24) is 14.9 Å². The van der Waals surface area contributed by atoms with Gasteiger partial charge in [-0.1, -0.05) is 0 Å². The molecule has 2 aromatic heterocycles. The zero-order chi connectivity index (χ0) is 21.4. The van der Waals surface area contributed by atoms with Crippen molar-refractivity contribution in [3.8, 4) is 6.07 Å². The second-order valence-corrected chi connectivity index (χ2v) is 8.78. The first-order chi connectivity index (χ1) is 15.1. The van der Waals surface area contributed by atoms with Crippen LogP contribution in [-0.4, -0.2) is 60.5 Å². The maximum absolute atomic E-state index is 13.1. The molecule has 8 nitrogen and oxygen atoms in total. The molecule has 0 bridgehead atoms. The van der Waals surface area contributed by atoms with E-state index in [2.05, 4.69) is 44.3 Å². The van der Waals surface area contributed by atoms with Crippen molar-refractivity contribution < 1.29 is 4.79 Å². The second kappa shape index (κ2) is 7.82. The third-order valence-electron chi connectivity index (χ3n) is 6.76. The summed E-state index contributed by atoms with van der Waals surface area (Å²) in [5, 5.41) is 12.9. The van der Waals surface area contributed by atoms with Gasteiger partial charge in [0.15, 0.2) is 0 Å². The van der Waals surface area contributed by atoms with Crippen molar-refractivity contribution in [2.24, 2.45) is 11.3 Å². The van der Waals surface area contributed by atoms with E-state index >= 15 is 0 Å². The Bertz CT molecular complexity index is 1010. The largest absolute Gasteiger partial charge is 0.368 e. The molecule has 1 amide bonds.